The van der Waals surface area contributed by atoms with Crippen molar-refractivity contribution in [2.24, 2.45) is 0 Å². The molecule has 0 amide bonds. The van der Waals surface area contributed by atoms with E-state index >= 15 is 0 Å². The quantitative estimate of drug-likeness (QED) is 0.632. The molecule has 5 nitrogen and oxygen atoms in total. The number of unbranched alkanes of at least 4 members (excludes halogenated alkanes) is 1. The highest BCUT2D eigenvalue weighted by Gasteiger charge is 2.07. The molecule has 0 radical (unpaired) electrons. The van der Waals surface area contributed by atoms with Crippen molar-refractivity contribution in [3.8, 4) is 0 Å². The summed E-state index contributed by atoms with van der Waals surface area (Å²) in [5.41, 5.74) is 17.5. The molecule has 0 saturated carbocycles. The van der Waals surface area contributed by atoms with E-state index in [-0.39, 0.29) is 5.95 Å². The first-order valence-electron chi connectivity index (χ1n) is 4.32. The third-order valence-corrected chi connectivity index (χ3v) is 1.87. The summed E-state index contributed by atoms with van der Waals surface area (Å²) in [6.07, 6.45) is 2.93. The Morgan fingerprint density at radius 2 is 1.62 bits per heavy atom. The Morgan fingerprint density at radius 1 is 1.08 bits per heavy atom. The lowest BCUT2D eigenvalue weighted by Crippen LogP contribution is -2.08. The highest BCUT2D eigenvalue weighted by molar-refractivity contribution is 5.55. The van der Waals surface area contributed by atoms with Crippen LogP contribution >= 0.6 is 0 Å². The Morgan fingerprint density at radius 3 is 2.08 bits per heavy atom. The number of aromatic nitrogens is 2. The molecule has 0 aliphatic heterocycles. The molecular weight excluding hydrogens is 166 g/mol. The van der Waals surface area contributed by atoms with E-state index in [0.717, 1.165) is 24.8 Å². The highest BCUT2D eigenvalue weighted by atomic mass is 15.1. The molecular formula is C8H15N5. The highest BCUT2D eigenvalue weighted by Crippen LogP contribution is 2.18. The fraction of sp³-hybridized carbons (Fsp3) is 0.500. The molecule has 1 heterocycles. The Labute approximate surface area is 77.4 Å². The van der Waals surface area contributed by atoms with Crippen LogP contribution in [-0.4, -0.2) is 9.97 Å². The van der Waals surface area contributed by atoms with Gasteiger partial charge in [0, 0.05) is 5.56 Å². The normalized spacial score (nSPS) is 10.2. The standard InChI is InChI=1S/C8H15N5/c1-2-3-4-5-6(9)12-8(11)13-7(5)10/h2-4H2,1H3,(H6,9,10,11,12,13). The van der Waals surface area contributed by atoms with Gasteiger partial charge in [0.15, 0.2) is 0 Å². The van der Waals surface area contributed by atoms with Crippen LogP contribution < -0.4 is 17.2 Å². The predicted octanol–water partition coefficient (Wildman–Crippen LogP) is 0.566. The first-order chi connectivity index (χ1) is 6.15. The van der Waals surface area contributed by atoms with Crippen molar-refractivity contribution in [3.63, 3.8) is 0 Å². The maximum Gasteiger partial charge on any atom is 0.223 e. The molecule has 0 aromatic carbocycles. The topological polar surface area (TPSA) is 104 Å². The van der Waals surface area contributed by atoms with E-state index in [4.69, 9.17) is 17.2 Å². The SMILES string of the molecule is CCCCc1c(N)nc(N)nc1N. The summed E-state index contributed by atoms with van der Waals surface area (Å²) in [7, 11) is 0. The zero-order valence-electron chi connectivity index (χ0n) is 7.75. The minimum absolute atomic E-state index is 0.134. The summed E-state index contributed by atoms with van der Waals surface area (Å²) in [5.74, 6) is 0.937. The van der Waals surface area contributed by atoms with E-state index in [1.807, 2.05) is 0 Å². The van der Waals surface area contributed by atoms with Gasteiger partial charge in [0.05, 0.1) is 0 Å². The largest absolute Gasteiger partial charge is 0.383 e. The molecule has 6 N–H and O–H groups in total. The van der Waals surface area contributed by atoms with Gasteiger partial charge in [0.1, 0.15) is 11.6 Å². The van der Waals surface area contributed by atoms with Crippen LogP contribution in [0.3, 0.4) is 0 Å². The molecule has 0 aliphatic rings. The van der Waals surface area contributed by atoms with Crippen LogP contribution in [0.15, 0.2) is 0 Å². The lowest BCUT2D eigenvalue weighted by Gasteiger charge is -2.07. The summed E-state index contributed by atoms with van der Waals surface area (Å²) in [4.78, 5) is 7.70. The van der Waals surface area contributed by atoms with Gasteiger partial charge in [-0.15, -0.1) is 0 Å². The van der Waals surface area contributed by atoms with Crippen molar-refractivity contribution in [2.75, 3.05) is 17.2 Å². The number of rotatable bonds is 3. The molecule has 0 spiro atoms. The minimum atomic E-state index is 0.134. The van der Waals surface area contributed by atoms with Crippen LogP contribution in [-0.2, 0) is 6.42 Å². The first-order valence-corrected chi connectivity index (χ1v) is 4.32. The number of hydrogen-bond donors (Lipinski definition) is 3. The average molecular weight is 181 g/mol. The average Bonchev–Trinajstić information content (AvgIpc) is 2.02. The Kier molecular flexibility index (Phi) is 2.89. The summed E-state index contributed by atoms with van der Waals surface area (Å²) >= 11 is 0. The van der Waals surface area contributed by atoms with Crippen molar-refractivity contribution in [3.05, 3.63) is 5.56 Å². The molecule has 0 atom stereocenters. The van der Waals surface area contributed by atoms with Gasteiger partial charge in [0.2, 0.25) is 5.95 Å². The van der Waals surface area contributed by atoms with Gasteiger partial charge in [-0.05, 0) is 12.8 Å². The van der Waals surface area contributed by atoms with Gasteiger partial charge in [-0.1, -0.05) is 13.3 Å². The maximum absolute atomic E-state index is 5.65. The molecule has 0 aliphatic carbocycles. The van der Waals surface area contributed by atoms with E-state index in [1.165, 1.54) is 0 Å². The number of hydrogen-bond acceptors (Lipinski definition) is 5. The third kappa shape index (κ3) is 2.21. The summed E-state index contributed by atoms with van der Waals surface area (Å²) < 4.78 is 0. The van der Waals surface area contributed by atoms with Crippen LogP contribution in [0.4, 0.5) is 17.6 Å². The van der Waals surface area contributed by atoms with E-state index in [9.17, 15) is 0 Å². The maximum atomic E-state index is 5.65. The molecule has 0 unspecified atom stereocenters. The van der Waals surface area contributed by atoms with Crippen LogP contribution in [0.25, 0.3) is 0 Å². The van der Waals surface area contributed by atoms with Gasteiger partial charge < -0.3 is 17.2 Å². The first kappa shape index (κ1) is 9.57. The second kappa shape index (κ2) is 3.93. The number of nitrogens with two attached hydrogens (primary N) is 3. The Hall–Kier alpha value is -1.52. The fourth-order valence-electron chi connectivity index (χ4n) is 1.15. The summed E-state index contributed by atoms with van der Waals surface area (Å²) in [5, 5.41) is 0. The zero-order valence-corrected chi connectivity index (χ0v) is 7.75. The van der Waals surface area contributed by atoms with Gasteiger partial charge in [-0.3, -0.25) is 0 Å². The van der Waals surface area contributed by atoms with Crippen LogP contribution in [0, 0.1) is 0 Å². The van der Waals surface area contributed by atoms with Crippen LogP contribution in [0.2, 0.25) is 0 Å². The Balaban J connectivity index is 2.92. The number of anilines is 3. The van der Waals surface area contributed by atoms with Crippen molar-refractivity contribution in [1.29, 1.82) is 0 Å². The predicted molar refractivity (Wildman–Crippen MR) is 53.9 cm³/mol. The molecule has 72 valence electrons. The van der Waals surface area contributed by atoms with E-state index in [0.29, 0.717) is 11.6 Å². The van der Waals surface area contributed by atoms with Crippen molar-refractivity contribution < 1.29 is 0 Å². The second-order valence-electron chi connectivity index (χ2n) is 2.93. The fourth-order valence-corrected chi connectivity index (χ4v) is 1.15. The molecule has 13 heavy (non-hydrogen) atoms. The Bertz CT molecular complexity index is 274. The molecule has 0 fully saturated rings. The third-order valence-electron chi connectivity index (χ3n) is 1.87. The summed E-state index contributed by atoms with van der Waals surface area (Å²) in [6, 6.07) is 0. The zero-order chi connectivity index (χ0) is 9.84. The number of nitrogens with zero attached hydrogens (tertiary/aromatic N) is 2. The van der Waals surface area contributed by atoms with Gasteiger partial charge in [-0.25, -0.2) is 0 Å². The van der Waals surface area contributed by atoms with E-state index < -0.39 is 0 Å². The molecule has 1 rings (SSSR count). The van der Waals surface area contributed by atoms with Gasteiger partial charge >= 0.3 is 0 Å². The van der Waals surface area contributed by atoms with Crippen molar-refractivity contribution >= 4 is 17.6 Å². The smallest absolute Gasteiger partial charge is 0.223 e. The van der Waals surface area contributed by atoms with Crippen molar-refractivity contribution in [2.45, 2.75) is 26.2 Å². The summed E-state index contributed by atoms with van der Waals surface area (Å²) in [6.45, 7) is 2.10. The molecule has 0 bridgehead atoms. The number of nitrogen functional groups attached to an aromatic ring is 3. The monoisotopic (exact) mass is 181 g/mol. The lowest BCUT2D eigenvalue weighted by molar-refractivity contribution is 0.793. The molecule has 1 aromatic rings. The lowest BCUT2D eigenvalue weighted by atomic mass is 10.1. The van der Waals surface area contributed by atoms with E-state index in [1.54, 1.807) is 0 Å². The second-order valence-corrected chi connectivity index (χ2v) is 2.93. The molecule has 0 saturated heterocycles. The van der Waals surface area contributed by atoms with Crippen LogP contribution in [0.1, 0.15) is 25.3 Å². The van der Waals surface area contributed by atoms with Gasteiger partial charge in [-0.2, -0.15) is 9.97 Å². The molecule has 1 aromatic heterocycles. The van der Waals surface area contributed by atoms with Gasteiger partial charge in [0.25, 0.3) is 0 Å². The van der Waals surface area contributed by atoms with Crippen LogP contribution in [0.5, 0.6) is 0 Å². The minimum Gasteiger partial charge on any atom is -0.383 e. The van der Waals surface area contributed by atoms with E-state index in [2.05, 4.69) is 16.9 Å². The molecule has 5 heteroatoms. The van der Waals surface area contributed by atoms with Crippen molar-refractivity contribution in [1.82, 2.24) is 9.97 Å².